The maximum Gasteiger partial charge on any atom is 0.305 e. The summed E-state index contributed by atoms with van der Waals surface area (Å²) in [5.74, 6) is -1.76. The summed E-state index contributed by atoms with van der Waals surface area (Å²) in [7, 11) is 0. The molecule has 0 radical (unpaired) electrons. The maximum absolute atomic E-state index is 13.4. The zero-order valence-corrected chi connectivity index (χ0v) is 14.0. The Morgan fingerprint density at radius 3 is 2.46 bits per heavy atom. The number of carboxylic acid groups (broad SMARTS) is 1. The largest absolute Gasteiger partial charge is 0.481 e. The van der Waals surface area contributed by atoms with E-state index in [4.69, 9.17) is 5.11 Å². The average molecular weight is 351 g/mol. The number of carbonyl (C=O) groups excluding carboxylic acids is 1. The lowest BCUT2D eigenvalue weighted by atomic mass is 10.0. The van der Waals surface area contributed by atoms with Crippen molar-refractivity contribution in [1.29, 1.82) is 0 Å². The van der Waals surface area contributed by atoms with Crippen LogP contribution in [0, 0.1) is 5.82 Å². The van der Waals surface area contributed by atoms with Gasteiger partial charge in [-0.3, -0.25) is 9.59 Å². The quantitative estimate of drug-likeness (QED) is 0.710. The number of fused-ring (bicyclic) bond motifs is 1. The van der Waals surface area contributed by atoms with Gasteiger partial charge in [0, 0.05) is 11.6 Å². The van der Waals surface area contributed by atoms with Gasteiger partial charge < -0.3 is 10.4 Å². The van der Waals surface area contributed by atoms with Gasteiger partial charge in [-0.2, -0.15) is 0 Å². The van der Waals surface area contributed by atoms with Crippen LogP contribution in [0.3, 0.4) is 0 Å². The Bertz CT molecular complexity index is 955. The Hall–Kier alpha value is -3.21. The topological polar surface area (TPSA) is 66.4 Å². The van der Waals surface area contributed by atoms with E-state index < -0.39 is 17.8 Å². The summed E-state index contributed by atoms with van der Waals surface area (Å²) in [4.78, 5) is 23.7. The summed E-state index contributed by atoms with van der Waals surface area (Å²) in [6, 6.07) is 18.3. The smallest absolute Gasteiger partial charge is 0.305 e. The lowest BCUT2D eigenvalue weighted by Crippen LogP contribution is -2.38. The monoisotopic (exact) mass is 351 g/mol. The molecule has 0 saturated carbocycles. The number of carbonyl (C=O) groups is 2. The van der Waals surface area contributed by atoms with Crippen molar-refractivity contribution in [3.05, 3.63) is 83.7 Å². The molecule has 132 valence electrons. The van der Waals surface area contributed by atoms with E-state index in [-0.39, 0.29) is 18.7 Å². The van der Waals surface area contributed by atoms with Gasteiger partial charge in [0.1, 0.15) is 5.82 Å². The van der Waals surface area contributed by atoms with Crippen molar-refractivity contribution in [1.82, 2.24) is 5.32 Å². The van der Waals surface area contributed by atoms with E-state index in [0.29, 0.717) is 11.1 Å². The molecule has 0 fully saturated rings. The van der Waals surface area contributed by atoms with Crippen LogP contribution in [0.5, 0.6) is 0 Å². The number of amides is 1. The molecule has 1 atom stereocenters. The predicted octanol–water partition coefficient (Wildman–Crippen LogP) is 3.79. The SMILES string of the molecule is O=C(O)C[C@@H](Cc1cccc(F)c1)NC(=O)c1ccc2ccccc2c1. The summed E-state index contributed by atoms with van der Waals surface area (Å²) in [5, 5.41) is 13.8. The average Bonchev–Trinajstić information content (AvgIpc) is 2.60. The Morgan fingerprint density at radius 2 is 1.73 bits per heavy atom. The molecule has 4 nitrogen and oxygen atoms in total. The molecule has 0 heterocycles. The highest BCUT2D eigenvalue weighted by Gasteiger charge is 2.18. The highest BCUT2D eigenvalue weighted by atomic mass is 19.1. The second-order valence-electron chi connectivity index (χ2n) is 6.16. The normalized spacial score (nSPS) is 11.9. The van der Waals surface area contributed by atoms with E-state index in [0.717, 1.165) is 10.8 Å². The molecule has 26 heavy (non-hydrogen) atoms. The van der Waals surface area contributed by atoms with Crippen LogP contribution in [0.2, 0.25) is 0 Å². The van der Waals surface area contributed by atoms with Gasteiger partial charge in [0.2, 0.25) is 0 Å². The standard InChI is InChI=1S/C21H18FNO3/c22-18-7-3-4-14(10-18)11-19(13-20(24)25)23-21(26)17-9-8-15-5-1-2-6-16(15)12-17/h1-10,12,19H,11,13H2,(H,23,26)(H,24,25)/t19-/m1/s1. The predicted molar refractivity (Wildman–Crippen MR) is 97.6 cm³/mol. The van der Waals surface area contributed by atoms with Crippen LogP contribution in [-0.2, 0) is 11.2 Å². The second-order valence-corrected chi connectivity index (χ2v) is 6.16. The fraction of sp³-hybridized carbons (Fsp3) is 0.143. The minimum absolute atomic E-state index is 0.239. The summed E-state index contributed by atoms with van der Waals surface area (Å²) < 4.78 is 13.4. The zero-order valence-electron chi connectivity index (χ0n) is 14.0. The minimum atomic E-state index is -1.02. The second kappa shape index (κ2) is 7.78. The van der Waals surface area contributed by atoms with Crippen LogP contribution < -0.4 is 5.32 Å². The first-order valence-corrected chi connectivity index (χ1v) is 8.27. The number of hydrogen-bond acceptors (Lipinski definition) is 2. The number of carboxylic acids is 1. The van der Waals surface area contributed by atoms with E-state index >= 15 is 0 Å². The number of benzene rings is 3. The molecule has 0 aliphatic rings. The fourth-order valence-electron chi connectivity index (χ4n) is 2.93. The van der Waals surface area contributed by atoms with E-state index in [1.165, 1.54) is 12.1 Å². The summed E-state index contributed by atoms with van der Waals surface area (Å²) in [6.07, 6.45) is -0.000778. The molecule has 0 aliphatic carbocycles. The van der Waals surface area contributed by atoms with Crippen molar-refractivity contribution in [3.63, 3.8) is 0 Å². The third kappa shape index (κ3) is 4.45. The van der Waals surface area contributed by atoms with Crippen LogP contribution >= 0.6 is 0 Å². The van der Waals surface area contributed by atoms with Crippen LogP contribution in [0.4, 0.5) is 4.39 Å². The molecule has 3 rings (SSSR count). The molecular formula is C21H18FNO3. The summed E-state index contributed by atoms with van der Waals surface area (Å²) in [6.45, 7) is 0. The molecule has 0 unspecified atom stereocenters. The molecule has 0 saturated heterocycles. The molecule has 3 aromatic rings. The lowest BCUT2D eigenvalue weighted by Gasteiger charge is -2.17. The third-order valence-corrected chi connectivity index (χ3v) is 4.14. The third-order valence-electron chi connectivity index (χ3n) is 4.14. The fourth-order valence-corrected chi connectivity index (χ4v) is 2.93. The van der Waals surface area contributed by atoms with Crippen molar-refractivity contribution >= 4 is 22.6 Å². The van der Waals surface area contributed by atoms with Crippen LogP contribution in [0.25, 0.3) is 10.8 Å². The Kier molecular flexibility index (Phi) is 5.27. The maximum atomic E-state index is 13.4. The van der Waals surface area contributed by atoms with Gasteiger partial charge in [-0.25, -0.2) is 4.39 Å². The van der Waals surface area contributed by atoms with E-state index in [1.54, 1.807) is 24.3 Å². The molecule has 0 aliphatic heterocycles. The van der Waals surface area contributed by atoms with Crippen molar-refractivity contribution in [3.8, 4) is 0 Å². The molecule has 0 aromatic heterocycles. The van der Waals surface area contributed by atoms with Crippen molar-refractivity contribution in [2.24, 2.45) is 0 Å². The highest BCUT2D eigenvalue weighted by molar-refractivity contribution is 5.98. The molecule has 0 bridgehead atoms. The van der Waals surface area contributed by atoms with Crippen LogP contribution in [-0.4, -0.2) is 23.0 Å². The molecule has 3 aromatic carbocycles. The molecule has 0 spiro atoms. The number of nitrogens with one attached hydrogen (secondary N) is 1. The Morgan fingerprint density at radius 1 is 0.962 bits per heavy atom. The zero-order chi connectivity index (χ0) is 18.5. The lowest BCUT2D eigenvalue weighted by molar-refractivity contribution is -0.137. The van der Waals surface area contributed by atoms with Gasteiger partial charge in [-0.15, -0.1) is 0 Å². The van der Waals surface area contributed by atoms with Gasteiger partial charge in [0.05, 0.1) is 6.42 Å². The Labute approximate surface area is 150 Å². The van der Waals surface area contributed by atoms with Crippen molar-refractivity contribution in [2.75, 3.05) is 0 Å². The van der Waals surface area contributed by atoms with Crippen molar-refractivity contribution < 1.29 is 19.1 Å². The van der Waals surface area contributed by atoms with Crippen molar-refractivity contribution in [2.45, 2.75) is 18.9 Å². The van der Waals surface area contributed by atoms with Gasteiger partial charge >= 0.3 is 5.97 Å². The van der Waals surface area contributed by atoms with Gasteiger partial charge in [-0.1, -0.05) is 42.5 Å². The van der Waals surface area contributed by atoms with Gasteiger partial charge in [0.25, 0.3) is 5.91 Å². The van der Waals surface area contributed by atoms with Gasteiger partial charge in [0.15, 0.2) is 0 Å². The molecule has 1 amide bonds. The number of halogens is 1. The van der Waals surface area contributed by atoms with Gasteiger partial charge in [-0.05, 0) is 47.0 Å². The first-order valence-electron chi connectivity index (χ1n) is 8.27. The number of hydrogen-bond donors (Lipinski definition) is 2. The summed E-state index contributed by atoms with van der Waals surface area (Å²) in [5.41, 5.74) is 1.09. The highest BCUT2D eigenvalue weighted by Crippen LogP contribution is 2.16. The van der Waals surface area contributed by atoms with Crippen LogP contribution in [0.15, 0.2) is 66.7 Å². The first kappa shape index (κ1) is 17.6. The molecule has 2 N–H and O–H groups in total. The number of aliphatic carboxylic acids is 1. The first-order chi connectivity index (χ1) is 12.5. The van der Waals surface area contributed by atoms with E-state index in [9.17, 15) is 14.0 Å². The van der Waals surface area contributed by atoms with E-state index in [1.807, 2.05) is 30.3 Å². The van der Waals surface area contributed by atoms with Crippen LogP contribution in [0.1, 0.15) is 22.3 Å². The molecular weight excluding hydrogens is 333 g/mol. The summed E-state index contributed by atoms with van der Waals surface area (Å²) >= 11 is 0. The van der Waals surface area contributed by atoms with E-state index in [2.05, 4.69) is 5.32 Å². The Balaban J connectivity index is 1.78. The number of rotatable bonds is 6. The minimum Gasteiger partial charge on any atom is -0.481 e. The molecule has 5 heteroatoms.